The summed E-state index contributed by atoms with van der Waals surface area (Å²) in [6.07, 6.45) is 2.15. The summed E-state index contributed by atoms with van der Waals surface area (Å²) in [5.41, 5.74) is 1.23. The van der Waals surface area contributed by atoms with E-state index in [1.54, 1.807) is 13.0 Å². The molecule has 0 saturated carbocycles. The lowest BCUT2D eigenvalue weighted by molar-refractivity contribution is -0.118. The molecule has 20 heavy (non-hydrogen) atoms. The van der Waals surface area contributed by atoms with Gasteiger partial charge in [-0.15, -0.1) is 0 Å². The van der Waals surface area contributed by atoms with Crippen LogP contribution in [0.3, 0.4) is 0 Å². The highest BCUT2D eigenvalue weighted by Crippen LogP contribution is 2.26. The van der Waals surface area contributed by atoms with Crippen LogP contribution in [0.25, 0.3) is 0 Å². The van der Waals surface area contributed by atoms with Gasteiger partial charge in [0, 0.05) is 16.8 Å². The van der Waals surface area contributed by atoms with Gasteiger partial charge in [-0.25, -0.2) is 4.79 Å². The number of ether oxygens (including phenoxy) is 1. The molecule has 1 unspecified atom stereocenters. The predicted octanol–water partition coefficient (Wildman–Crippen LogP) is 2.96. The Morgan fingerprint density at radius 3 is 2.85 bits per heavy atom. The third kappa shape index (κ3) is 3.58. The van der Waals surface area contributed by atoms with Crippen molar-refractivity contribution in [1.82, 2.24) is 0 Å². The zero-order chi connectivity index (χ0) is 14.7. The molecular weight excluding hydrogens is 326 g/mol. The number of anilines is 1. The maximum absolute atomic E-state index is 12.0. The van der Waals surface area contributed by atoms with Gasteiger partial charge >= 0.3 is 5.97 Å². The molecule has 2 N–H and O–H groups in total. The number of carbonyl (C=O) groups is 2. The predicted molar refractivity (Wildman–Crippen MR) is 78.1 cm³/mol. The van der Waals surface area contributed by atoms with Gasteiger partial charge in [0.05, 0.1) is 18.1 Å². The van der Waals surface area contributed by atoms with Gasteiger partial charge in [-0.05, 0) is 37.5 Å². The smallest absolute Gasteiger partial charge is 0.336 e. The summed E-state index contributed by atoms with van der Waals surface area (Å²) in [5.74, 6) is -1.17. The highest BCUT2D eigenvalue weighted by Gasteiger charge is 2.20. The first kappa shape index (κ1) is 15.0. The largest absolute Gasteiger partial charge is 0.478 e. The number of carboxylic acid groups (broad SMARTS) is 1. The fraction of sp³-hybridized carbons (Fsp3) is 0.429. The second-order valence-electron chi connectivity index (χ2n) is 4.82. The van der Waals surface area contributed by atoms with Crippen LogP contribution in [0.2, 0.25) is 0 Å². The molecule has 2 rings (SSSR count). The van der Waals surface area contributed by atoms with Crippen LogP contribution >= 0.6 is 15.9 Å². The number of carbonyl (C=O) groups excluding carboxylic acids is 1. The molecule has 0 aliphatic carbocycles. The van der Waals surface area contributed by atoms with Crippen molar-refractivity contribution in [2.45, 2.75) is 32.3 Å². The van der Waals surface area contributed by atoms with Gasteiger partial charge in [-0.3, -0.25) is 4.79 Å². The Hall–Kier alpha value is -1.40. The van der Waals surface area contributed by atoms with Gasteiger partial charge in [-0.2, -0.15) is 0 Å². The summed E-state index contributed by atoms with van der Waals surface area (Å²) in [7, 11) is 0. The summed E-state index contributed by atoms with van der Waals surface area (Å²) in [6.45, 7) is 2.38. The molecule has 1 atom stereocenters. The van der Waals surface area contributed by atoms with E-state index in [1.807, 2.05) is 0 Å². The second-order valence-corrected chi connectivity index (χ2v) is 5.73. The Kier molecular flexibility index (Phi) is 4.77. The Labute approximate surface area is 125 Å². The minimum absolute atomic E-state index is 0.0265. The SMILES string of the molecule is Cc1c(NC(=O)CC2CCCO2)cc(Br)cc1C(=O)O. The summed E-state index contributed by atoms with van der Waals surface area (Å²) in [5, 5.41) is 11.9. The van der Waals surface area contributed by atoms with E-state index >= 15 is 0 Å². The lowest BCUT2D eigenvalue weighted by Crippen LogP contribution is -2.20. The van der Waals surface area contributed by atoms with Crippen LogP contribution in [0, 0.1) is 6.92 Å². The van der Waals surface area contributed by atoms with E-state index in [2.05, 4.69) is 21.2 Å². The lowest BCUT2D eigenvalue weighted by atomic mass is 10.1. The Bertz CT molecular complexity index is 538. The number of benzene rings is 1. The molecule has 0 bridgehead atoms. The van der Waals surface area contributed by atoms with Crippen LogP contribution in [0.4, 0.5) is 5.69 Å². The molecule has 1 aliphatic rings. The third-order valence-corrected chi connectivity index (χ3v) is 3.77. The van der Waals surface area contributed by atoms with Crippen LogP contribution < -0.4 is 5.32 Å². The van der Waals surface area contributed by atoms with Gasteiger partial charge in [0.1, 0.15) is 0 Å². The van der Waals surface area contributed by atoms with Gasteiger partial charge in [0.25, 0.3) is 0 Å². The summed E-state index contributed by atoms with van der Waals surface area (Å²) in [6, 6.07) is 3.22. The molecule has 1 aromatic carbocycles. The van der Waals surface area contributed by atoms with Crippen LogP contribution in [0.1, 0.15) is 35.2 Å². The Morgan fingerprint density at radius 2 is 2.25 bits per heavy atom. The van der Waals surface area contributed by atoms with E-state index in [1.165, 1.54) is 6.07 Å². The highest BCUT2D eigenvalue weighted by molar-refractivity contribution is 9.10. The number of hydrogen-bond donors (Lipinski definition) is 2. The van der Waals surface area contributed by atoms with E-state index < -0.39 is 5.97 Å². The highest BCUT2D eigenvalue weighted by atomic mass is 79.9. The van der Waals surface area contributed by atoms with Crippen LogP contribution in [-0.2, 0) is 9.53 Å². The van der Waals surface area contributed by atoms with Crippen molar-refractivity contribution < 1.29 is 19.4 Å². The molecule has 0 radical (unpaired) electrons. The number of rotatable bonds is 4. The quantitative estimate of drug-likeness (QED) is 0.882. The first-order valence-electron chi connectivity index (χ1n) is 6.42. The van der Waals surface area contributed by atoms with Crippen molar-refractivity contribution in [3.8, 4) is 0 Å². The first-order chi connectivity index (χ1) is 9.47. The van der Waals surface area contributed by atoms with Crippen LogP contribution in [0.5, 0.6) is 0 Å². The van der Waals surface area contributed by atoms with Crippen molar-refractivity contribution in [3.05, 3.63) is 27.7 Å². The van der Waals surface area contributed by atoms with E-state index in [9.17, 15) is 9.59 Å². The van der Waals surface area contributed by atoms with Gasteiger partial charge in [0.2, 0.25) is 5.91 Å². The number of hydrogen-bond acceptors (Lipinski definition) is 3. The van der Waals surface area contributed by atoms with Gasteiger partial charge in [-0.1, -0.05) is 15.9 Å². The maximum Gasteiger partial charge on any atom is 0.336 e. The van der Waals surface area contributed by atoms with Gasteiger partial charge in [0.15, 0.2) is 0 Å². The van der Waals surface area contributed by atoms with Crippen LogP contribution in [0.15, 0.2) is 16.6 Å². The minimum atomic E-state index is -1.02. The first-order valence-corrected chi connectivity index (χ1v) is 7.21. The normalized spacial score (nSPS) is 18.0. The fourth-order valence-corrected chi connectivity index (χ4v) is 2.70. The molecule has 1 amide bonds. The monoisotopic (exact) mass is 341 g/mol. The van der Waals surface area contributed by atoms with Crippen molar-refractivity contribution in [3.63, 3.8) is 0 Å². The molecule has 1 aliphatic heterocycles. The van der Waals surface area contributed by atoms with E-state index in [0.29, 0.717) is 28.8 Å². The molecule has 1 fully saturated rings. The van der Waals surface area contributed by atoms with Crippen LogP contribution in [-0.4, -0.2) is 29.7 Å². The average molecular weight is 342 g/mol. The maximum atomic E-state index is 12.0. The molecule has 108 valence electrons. The topological polar surface area (TPSA) is 75.6 Å². The molecule has 6 heteroatoms. The lowest BCUT2D eigenvalue weighted by Gasteiger charge is -2.13. The minimum Gasteiger partial charge on any atom is -0.478 e. The van der Waals surface area contributed by atoms with Gasteiger partial charge < -0.3 is 15.2 Å². The van der Waals surface area contributed by atoms with Crippen molar-refractivity contribution >= 4 is 33.5 Å². The van der Waals surface area contributed by atoms with Crippen molar-refractivity contribution in [1.29, 1.82) is 0 Å². The molecule has 5 nitrogen and oxygen atoms in total. The molecular formula is C14H16BrNO4. The molecule has 0 spiro atoms. The van der Waals surface area contributed by atoms with E-state index in [4.69, 9.17) is 9.84 Å². The van der Waals surface area contributed by atoms with Crippen molar-refractivity contribution in [2.75, 3.05) is 11.9 Å². The summed E-state index contributed by atoms with van der Waals surface area (Å²) in [4.78, 5) is 23.1. The number of aromatic carboxylic acids is 1. The standard InChI is InChI=1S/C14H16BrNO4/c1-8-11(14(18)19)5-9(15)6-12(8)16-13(17)7-10-3-2-4-20-10/h5-6,10H,2-4,7H2,1H3,(H,16,17)(H,18,19). The summed E-state index contributed by atoms with van der Waals surface area (Å²) < 4.78 is 6.03. The molecule has 1 saturated heterocycles. The number of halogens is 1. The zero-order valence-electron chi connectivity index (χ0n) is 11.1. The van der Waals surface area contributed by atoms with Crippen molar-refractivity contribution in [2.24, 2.45) is 0 Å². The Morgan fingerprint density at radius 1 is 1.50 bits per heavy atom. The molecule has 1 aromatic rings. The van der Waals surface area contributed by atoms with E-state index in [-0.39, 0.29) is 17.6 Å². The Balaban J connectivity index is 2.12. The zero-order valence-corrected chi connectivity index (χ0v) is 12.7. The molecule has 1 heterocycles. The number of nitrogens with one attached hydrogen (secondary N) is 1. The second kappa shape index (κ2) is 6.37. The number of carboxylic acids is 1. The third-order valence-electron chi connectivity index (χ3n) is 3.31. The fourth-order valence-electron chi connectivity index (χ4n) is 2.24. The number of amides is 1. The van der Waals surface area contributed by atoms with E-state index in [0.717, 1.165) is 12.8 Å². The molecule has 0 aromatic heterocycles. The average Bonchev–Trinajstić information content (AvgIpc) is 2.85. The summed E-state index contributed by atoms with van der Waals surface area (Å²) >= 11 is 3.25.